The van der Waals surface area contributed by atoms with Gasteiger partial charge in [0.15, 0.2) is 0 Å². The van der Waals surface area contributed by atoms with Crippen molar-refractivity contribution in [3.05, 3.63) is 12.2 Å². The molecule has 1 unspecified atom stereocenters. The Morgan fingerprint density at radius 3 is 2.40 bits per heavy atom. The van der Waals surface area contributed by atoms with Gasteiger partial charge in [-0.3, -0.25) is 0 Å². The Hall–Kier alpha value is -0.340. The van der Waals surface area contributed by atoms with Gasteiger partial charge in [0.1, 0.15) is 0 Å². The highest BCUT2D eigenvalue weighted by atomic mass is 16.3. The maximum atomic E-state index is 10.00. The second-order valence-corrected chi connectivity index (χ2v) is 5.72. The van der Waals surface area contributed by atoms with E-state index in [-0.39, 0.29) is 5.54 Å². The summed E-state index contributed by atoms with van der Waals surface area (Å²) in [7, 11) is 0. The molecule has 0 spiro atoms. The lowest BCUT2D eigenvalue weighted by Crippen LogP contribution is -2.56. The minimum atomic E-state index is -0.683. The lowest BCUT2D eigenvalue weighted by atomic mass is 9.85. The first-order valence-electron chi connectivity index (χ1n) is 5.95. The molecule has 0 aromatic heterocycles. The van der Waals surface area contributed by atoms with Crippen LogP contribution in [0.5, 0.6) is 0 Å². The molecule has 0 amide bonds. The number of hydrogen-bond acceptors (Lipinski definition) is 2. The highest BCUT2D eigenvalue weighted by Gasteiger charge is 2.34. The van der Waals surface area contributed by atoms with Gasteiger partial charge in [0.05, 0.1) is 5.60 Å². The van der Waals surface area contributed by atoms with E-state index >= 15 is 0 Å². The Morgan fingerprint density at radius 2 is 1.93 bits per heavy atom. The first-order chi connectivity index (χ1) is 6.83. The summed E-state index contributed by atoms with van der Waals surface area (Å²) in [6.07, 6.45) is 8.18. The zero-order chi connectivity index (χ0) is 11.5. The lowest BCUT2D eigenvalue weighted by molar-refractivity contribution is -0.00622. The minimum absolute atomic E-state index is 0.228. The maximum Gasteiger partial charge on any atom is 0.0767 e. The van der Waals surface area contributed by atoms with E-state index in [1.54, 1.807) is 0 Å². The molecule has 15 heavy (non-hydrogen) atoms. The van der Waals surface area contributed by atoms with Crippen molar-refractivity contribution >= 4 is 0 Å². The molecule has 0 saturated carbocycles. The van der Waals surface area contributed by atoms with E-state index in [9.17, 15) is 5.11 Å². The van der Waals surface area contributed by atoms with E-state index < -0.39 is 5.60 Å². The quantitative estimate of drug-likeness (QED) is 0.700. The summed E-state index contributed by atoms with van der Waals surface area (Å²) < 4.78 is 0. The first-order valence-corrected chi connectivity index (χ1v) is 5.95. The molecule has 0 aliphatic heterocycles. The van der Waals surface area contributed by atoms with Crippen LogP contribution in [0.3, 0.4) is 0 Å². The molecule has 0 bridgehead atoms. The Morgan fingerprint density at radius 1 is 1.27 bits per heavy atom. The van der Waals surface area contributed by atoms with E-state index in [1.807, 2.05) is 13.8 Å². The van der Waals surface area contributed by atoms with Crippen molar-refractivity contribution in [1.29, 1.82) is 0 Å². The van der Waals surface area contributed by atoms with Crippen LogP contribution in [0.1, 0.15) is 47.0 Å². The van der Waals surface area contributed by atoms with Crippen LogP contribution in [0.15, 0.2) is 12.2 Å². The van der Waals surface area contributed by atoms with Crippen LogP contribution in [-0.2, 0) is 0 Å². The molecule has 88 valence electrons. The highest BCUT2D eigenvalue weighted by molar-refractivity contribution is 4.96. The monoisotopic (exact) mass is 211 g/mol. The molecule has 2 heteroatoms. The molecule has 0 aromatic rings. The van der Waals surface area contributed by atoms with Gasteiger partial charge in [-0.2, -0.15) is 0 Å². The summed E-state index contributed by atoms with van der Waals surface area (Å²) in [5, 5.41) is 13.5. The van der Waals surface area contributed by atoms with Gasteiger partial charge in [0.25, 0.3) is 0 Å². The molecule has 0 heterocycles. The third kappa shape index (κ3) is 3.62. The highest BCUT2D eigenvalue weighted by Crippen LogP contribution is 2.23. The van der Waals surface area contributed by atoms with Crippen LogP contribution in [0.4, 0.5) is 0 Å². The Kier molecular flexibility index (Phi) is 3.96. The smallest absolute Gasteiger partial charge is 0.0767 e. The lowest BCUT2D eigenvalue weighted by Gasteiger charge is -2.39. The van der Waals surface area contributed by atoms with Gasteiger partial charge < -0.3 is 10.4 Å². The van der Waals surface area contributed by atoms with Crippen molar-refractivity contribution in [2.24, 2.45) is 5.92 Å². The average molecular weight is 211 g/mol. The maximum absolute atomic E-state index is 10.00. The summed E-state index contributed by atoms with van der Waals surface area (Å²) in [5.74, 6) is 0.733. The zero-order valence-corrected chi connectivity index (χ0v) is 10.5. The van der Waals surface area contributed by atoms with Crippen LogP contribution in [0.2, 0.25) is 0 Å². The topological polar surface area (TPSA) is 32.3 Å². The summed E-state index contributed by atoms with van der Waals surface area (Å²) in [6.45, 7) is 8.85. The summed E-state index contributed by atoms with van der Waals surface area (Å²) in [6, 6.07) is 0. The molecule has 1 aliphatic rings. The van der Waals surface area contributed by atoms with Crippen LogP contribution in [0.25, 0.3) is 0 Å². The second-order valence-electron chi connectivity index (χ2n) is 5.72. The molecule has 1 atom stereocenters. The molecular formula is C13H25NO. The molecule has 1 aliphatic carbocycles. The molecular weight excluding hydrogens is 186 g/mol. The molecule has 2 N–H and O–H groups in total. The number of nitrogens with one attached hydrogen (secondary N) is 1. The molecule has 0 saturated heterocycles. The normalized spacial score (nSPS) is 23.1. The van der Waals surface area contributed by atoms with Crippen molar-refractivity contribution in [1.82, 2.24) is 5.32 Å². The van der Waals surface area contributed by atoms with E-state index in [2.05, 4.69) is 31.3 Å². The van der Waals surface area contributed by atoms with Crippen LogP contribution in [-0.4, -0.2) is 22.8 Å². The van der Waals surface area contributed by atoms with Crippen molar-refractivity contribution in [2.45, 2.75) is 58.1 Å². The Balaban J connectivity index is 2.39. The van der Waals surface area contributed by atoms with Crippen LogP contribution in [0, 0.1) is 5.92 Å². The number of hydrogen-bond donors (Lipinski definition) is 2. The molecule has 2 nitrogen and oxygen atoms in total. The van der Waals surface area contributed by atoms with E-state index in [0.717, 1.165) is 12.5 Å². The standard InChI is InChI=1S/C13H25NO/c1-12(2,13(3,4)15)14-10-11-8-6-5-7-9-11/h5-6,11,14-15H,7-10H2,1-4H3. The fraction of sp³-hybridized carbons (Fsp3) is 0.846. The SMILES string of the molecule is CC(C)(O)C(C)(C)NCC1CC=CCC1. The third-order valence-electron chi connectivity index (χ3n) is 3.74. The summed E-state index contributed by atoms with van der Waals surface area (Å²) in [5.41, 5.74) is -0.911. The Labute approximate surface area is 93.8 Å². The van der Waals surface area contributed by atoms with Crippen molar-refractivity contribution < 1.29 is 5.11 Å². The van der Waals surface area contributed by atoms with Gasteiger partial charge in [0.2, 0.25) is 0 Å². The van der Waals surface area contributed by atoms with E-state index in [1.165, 1.54) is 19.3 Å². The summed E-state index contributed by atoms with van der Waals surface area (Å²) in [4.78, 5) is 0. The van der Waals surface area contributed by atoms with Gasteiger partial charge in [-0.15, -0.1) is 0 Å². The predicted molar refractivity (Wildman–Crippen MR) is 64.9 cm³/mol. The predicted octanol–water partition coefficient (Wildman–Crippen LogP) is 2.48. The molecule has 0 aromatic carbocycles. The number of aliphatic hydroxyl groups is 1. The number of rotatable bonds is 4. The molecule has 1 rings (SSSR count). The van der Waals surface area contributed by atoms with Gasteiger partial charge in [-0.25, -0.2) is 0 Å². The number of allylic oxidation sites excluding steroid dienone is 2. The molecule has 0 radical (unpaired) electrons. The van der Waals surface area contributed by atoms with Gasteiger partial charge >= 0.3 is 0 Å². The van der Waals surface area contributed by atoms with E-state index in [0.29, 0.717) is 0 Å². The largest absolute Gasteiger partial charge is 0.389 e. The van der Waals surface area contributed by atoms with E-state index in [4.69, 9.17) is 0 Å². The Bertz CT molecular complexity index is 225. The minimum Gasteiger partial charge on any atom is -0.389 e. The molecule has 0 fully saturated rings. The van der Waals surface area contributed by atoms with Gasteiger partial charge in [-0.1, -0.05) is 12.2 Å². The third-order valence-corrected chi connectivity index (χ3v) is 3.74. The summed E-state index contributed by atoms with van der Waals surface area (Å²) >= 11 is 0. The van der Waals surface area contributed by atoms with Crippen LogP contribution >= 0.6 is 0 Å². The van der Waals surface area contributed by atoms with Crippen LogP contribution < -0.4 is 5.32 Å². The fourth-order valence-corrected chi connectivity index (χ4v) is 1.66. The van der Waals surface area contributed by atoms with Gasteiger partial charge in [0, 0.05) is 5.54 Å². The van der Waals surface area contributed by atoms with Gasteiger partial charge in [-0.05, 0) is 59.4 Å². The fourth-order valence-electron chi connectivity index (χ4n) is 1.66. The van der Waals surface area contributed by atoms with Crippen molar-refractivity contribution in [3.63, 3.8) is 0 Å². The van der Waals surface area contributed by atoms with Crippen molar-refractivity contribution in [3.8, 4) is 0 Å². The second kappa shape index (κ2) is 4.67. The van der Waals surface area contributed by atoms with Crippen molar-refractivity contribution in [2.75, 3.05) is 6.54 Å². The first kappa shape index (κ1) is 12.7. The zero-order valence-electron chi connectivity index (χ0n) is 10.5. The average Bonchev–Trinajstić information content (AvgIpc) is 2.15.